The van der Waals surface area contributed by atoms with Gasteiger partial charge >= 0.3 is 0 Å². The predicted octanol–water partition coefficient (Wildman–Crippen LogP) is 3.53. The van der Waals surface area contributed by atoms with E-state index >= 15 is 0 Å². The molecule has 0 saturated heterocycles. The van der Waals surface area contributed by atoms with Gasteiger partial charge in [0.05, 0.1) is 13.2 Å². The summed E-state index contributed by atoms with van der Waals surface area (Å²) in [6.45, 7) is 0. The molecule has 19 heavy (non-hydrogen) atoms. The predicted molar refractivity (Wildman–Crippen MR) is 75.2 cm³/mol. The Balaban J connectivity index is 1.70. The van der Waals surface area contributed by atoms with E-state index in [0.717, 1.165) is 17.7 Å². The van der Waals surface area contributed by atoms with Crippen LogP contribution < -0.4 is 4.74 Å². The molecule has 1 saturated carbocycles. The van der Waals surface area contributed by atoms with Gasteiger partial charge in [-0.25, -0.2) is 0 Å². The van der Waals surface area contributed by atoms with E-state index in [1.54, 1.807) is 7.11 Å². The summed E-state index contributed by atoms with van der Waals surface area (Å²) in [4.78, 5) is 0. The van der Waals surface area contributed by atoms with E-state index in [0.29, 0.717) is 11.8 Å². The van der Waals surface area contributed by atoms with Crippen LogP contribution in [0.4, 0.5) is 0 Å². The minimum absolute atomic E-state index is 0.343. The van der Waals surface area contributed by atoms with E-state index < -0.39 is 0 Å². The lowest BCUT2D eigenvalue weighted by molar-refractivity contribution is 0.151. The van der Waals surface area contributed by atoms with Crippen molar-refractivity contribution in [2.24, 2.45) is 5.92 Å². The summed E-state index contributed by atoms with van der Waals surface area (Å²) < 4.78 is 5.16. The number of aliphatic hydroxyl groups excluding tert-OH is 1. The van der Waals surface area contributed by atoms with E-state index in [1.165, 1.54) is 5.56 Å². The van der Waals surface area contributed by atoms with Crippen LogP contribution in [0.5, 0.6) is 5.75 Å². The summed E-state index contributed by atoms with van der Waals surface area (Å²) in [7, 11) is 1.67. The molecule has 1 fully saturated rings. The maximum Gasteiger partial charge on any atom is 0.118 e. The summed E-state index contributed by atoms with van der Waals surface area (Å²) in [6.07, 6.45) is 0.705. The molecular formula is C17H18O2. The Hall–Kier alpha value is -1.80. The summed E-state index contributed by atoms with van der Waals surface area (Å²) in [5, 5.41) is 10.4. The molecule has 3 atom stereocenters. The molecule has 1 N–H and O–H groups in total. The van der Waals surface area contributed by atoms with Crippen molar-refractivity contribution in [2.75, 3.05) is 7.11 Å². The van der Waals surface area contributed by atoms with Crippen molar-refractivity contribution in [3.05, 3.63) is 65.7 Å². The normalized spacial score (nSPS) is 22.8. The minimum atomic E-state index is -0.353. The monoisotopic (exact) mass is 254 g/mol. The lowest BCUT2D eigenvalue weighted by Crippen LogP contribution is -2.00. The maximum atomic E-state index is 10.4. The average molecular weight is 254 g/mol. The Labute approximate surface area is 113 Å². The fourth-order valence-corrected chi connectivity index (χ4v) is 2.70. The molecule has 0 radical (unpaired) electrons. The van der Waals surface area contributed by atoms with Crippen LogP contribution in [0.2, 0.25) is 0 Å². The van der Waals surface area contributed by atoms with Crippen molar-refractivity contribution in [3.63, 3.8) is 0 Å². The van der Waals surface area contributed by atoms with Crippen LogP contribution >= 0.6 is 0 Å². The topological polar surface area (TPSA) is 29.5 Å². The summed E-state index contributed by atoms with van der Waals surface area (Å²) in [5.41, 5.74) is 2.31. The van der Waals surface area contributed by atoms with Gasteiger partial charge in [-0.1, -0.05) is 42.5 Å². The van der Waals surface area contributed by atoms with Gasteiger partial charge in [0.15, 0.2) is 0 Å². The van der Waals surface area contributed by atoms with Gasteiger partial charge in [-0.2, -0.15) is 0 Å². The third kappa shape index (κ3) is 2.49. The van der Waals surface area contributed by atoms with E-state index in [-0.39, 0.29) is 6.10 Å². The van der Waals surface area contributed by atoms with Crippen molar-refractivity contribution in [2.45, 2.75) is 18.4 Å². The molecule has 1 aliphatic rings. The van der Waals surface area contributed by atoms with Crippen molar-refractivity contribution in [1.29, 1.82) is 0 Å². The second-order valence-corrected chi connectivity index (χ2v) is 5.13. The number of methoxy groups -OCH3 is 1. The highest BCUT2D eigenvalue weighted by molar-refractivity contribution is 5.34. The Morgan fingerprint density at radius 1 is 1.05 bits per heavy atom. The molecular weight excluding hydrogens is 236 g/mol. The molecule has 3 rings (SSSR count). The second kappa shape index (κ2) is 5.06. The first-order chi connectivity index (χ1) is 9.29. The first-order valence-corrected chi connectivity index (χ1v) is 6.66. The maximum absolute atomic E-state index is 10.4. The van der Waals surface area contributed by atoms with Gasteiger partial charge in [0.2, 0.25) is 0 Å². The number of hydrogen-bond acceptors (Lipinski definition) is 2. The molecule has 2 nitrogen and oxygen atoms in total. The van der Waals surface area contributed by atoms with Crippen molar-refractivity contribution >= 4 is 0 Å². The highest BCUT2D eigenvalue weighted by Gasteiger charge is 2.43. The molecule has 0 heterocycles. The van der Waals surface area contributed by atoms with E-state index in [1.807, 2.05) is 42.5 Å². The molecule has 1 aliphatic carbocycles. The van der Waals surface area contributed by atoms with Crippen molar-refractivity contribution in [1.82, 2.24) is 0 Å². The lowest BCUT2D eigenvalue weighted by atomic mass is 10.0. The second-order valence-electron chi connectivity index (χ2n) is 5.13. The SMILES string of the molecule is COc1ccc(C2CC2C(O)c2ccccc2)cc1. The summed E-state index contributed by atoms with van der Waals surface area (Å²) >= 11 is 0. The molecule has 2 heteroatoms. The van der Waals surface area contributed by atoms with Gasteiger partial charge in [0.25, 0.3) is 0 Å². The molecule has 0 spiro atoms. The third-order valence-corrected chi connectivity index (χ3v) is 3.93. The zero-order chi connectivity index (χ0) is 13.2. The smallest absolute Gasteiger partial charge is 0.118 e. The van der Waals surface area contributed by atoms with Gasteiger partial charge in [0, 0.05) is 0 Å². The lowest BCUT2D eigenvalue weighted by Gasteiger charge is -2.10. The summed E-state index contributed by atoms with van der Waals surface area (Å²) in [5.74, 6) is 1.70. The van der Waals surface area contributed by atoms with Gasteiger partial charge in [-0.15, -0.1) is 0 Å². The van der Waals surface area contributed by atoms with Gasteiger partial charge in [-0.3, -0.25) is 0 Å². The summed E-state index contributed by atoms with van der Waals surface area (Å²) in [6, 6.07) is 18.1. The van der Waals surface area contributed by atoms with Crippen LogP contribution in [0.1, 0.15) is 29.6 Å². The average Bonchev–Trinajstić information content (AvgIpc) is 3.28. The quantitative estimate of drug-likeness (QED) is 0.904. The number of aliphatic hydroxyl groups is 1. The zero-order valence-electron chi connectivity index (χ0n) is 11.0. The van der Waals surface area contributed by atoms with E-state index in [4.69, 9.17) is 4.74 Å². The largest absolute Gasteiger partial charge is 0.497 e. The van der Waals surface area contributed by atoms with Gasteiger partial charge in [0.1, 0.15) is 5.75 Å². The molecule has 2 aromatic carbocycles. The Bertz CT molecular complexity index is 533. The molecule has 3 unspecified atom stereocenters. The standard InChI is InChI=1S/C17H18O2/c1-19-14-9-7-12(8-10-14)15-11-16(15)17(18)13-5-3-2-4-6-13/h2-10,15-18H,11H2,1H3. The van der Waals surface area contributed by atoms with Crippen LogP contribution in [-0.4, -0.2) is 12.2 Å². The van der Waals surface area contributed by atoms with E-state index in [2.05, 4.69) is 12.1 Å². The van der Waals surface area contributed by atoms with Gasteiger partial charge in [-0.05, 0) is 41.5 Å². The fourth-order valence-electron chi connectivity index (χ4n) is 2.70. The molecule has 0 aliphatic heterocycles. The Morgan fingerprint density at radius 2 is 1.74 bits per heavy atom. The highest BCUT2D eigenvalue weighted by Crippen LogP contribution is 2.54. The first-order valence-electron chi connectivity index (χ1n) is 6.66. The van der Waals surface area contributed by atoms with Crippen LogP contribution in [0, 0.1) is 5.92 Å². The molecule has 98 valence electrons. The fraction of sp³-hybridized carbons (Fsp3) is 0.294. The third-order valence-electron chi connectivity index (χ3n) is 3.93. The molecule has 0 bridgehead atoms. The van der Waals surface area contributed by atoms with Crippen molar-refractivity contribution < 1.29 is 9.84 Å². The Morgan fingerprint density at radius 3 is 2.37 bits per heavy atom. The zero-order valence-corrected chi connectivity index (χ0v) is 11.0. The van der Waals surface area contributed by atoms with Crippen LogP contribution in [0.25, 0.3) is 0 Å². The molecule has 0 amide bonds. The minimum Gasteiger partial charge on any atom is -0.497 e. The Kier molecular flexibility index (Phi) is 3.26. The van der Waals surface area contributed by atoms with Crippen LogP contribution in [0.15, 0.2) is 54.6 Å². The van der Waals surface area contributed by atoms with Crippen molar-refractivity contribution in [3.8, 4) is 5.75 Å². The molecule has 2 aromatic rings. The number of rotatable bonds is 4. The van der Waals surface area contributed by atoms with Crippen LogP contribution in [0.3, 0.4) is 0 Å². The first kappa shape index (κ1) is 12.2. The number of hydrogen-bond donors (Lipinski definition) is 1. The highest BCUT2D eigenvalue weighted by atomic mass is 16.5. The number of ether oxygens (including phenoxy) is 1. The molecule has 0 aromatic heterocycles. The van der Waals surface area contributed by atoms with Crippen LogP contribution in [-0.2, 0) is 0 Å². The van der Waals surface area contributed by atoms with E-state index in [9.17, 15) is 5.11 Å². The number of benzene rings is 2. The van der Waals surface area contributed by atoms with Gasteiger partial charge < -0.3 is 9.84 Å².